The topological polar surface area (TPSA) is 194 Å². The zero-order valence-electron chi connectivity index (χ0n) is 45.8. The molecule has 16 heteroatoms. The quantitative estimate of drug-likeness (QED) is 0.0238. The van der Waals surface area contributed by atoms with Crippen LogP contribution in [-0.4, -0.2) is 57.9 Å². The smallest absolute Gasteiger partial charge is 0.252 e. The largest absolute Gasteiger partial charge is 1.00 e. The number of pyridine rings is 2. The van der Waals surface area contributed by atoms with E-state index in [0.29, 0.717) is 35.6 Å². The lowest BCUT2D eigenvalue weighted by atomic mass is 10.1. The molecule has 8 N–H and O–H groups in total. The second-order valence-electron chi connectivity index (χ2n) is 20.3. The van der Waals surface area contributed by atoms with E-state index in [2.05, 4.69) is 115 Å². The highest BCUT2D eigenvalue weighted by atomic mass is 35.5. The average Bonchev–Trinajstić information content (AvgIpc) is 3.54. The van der Waals surface area contributed by atoms with Crippen LogP contribution in [-0.2, 0) is 0 Å². The van der Waals surface area contributed by atoms with Crippen molar-refractivity contribution >= 4 is 78.7 Å². The molecule has 0 radical (unpaired) electrons. The summed E-state index contributed by atoms with van der Waals surface area (Å²) in [5, 5.41) is 13.4. The van der Waals surface area contributed by atoms with Crippen molar-refractivity contribution in [3.8, 4) is 22.8 Å². The molecule has 80 heavy (non-hydrogen) atoms. The zero-order chi connectivity index (χ0) is 54.1. The van der Waals surface area contributed by atoms with Crippen LogP contribution < -0.4 is 66.7 Å². The van der Waals surface area contributed by atoms with Crippen molar-refractivity contribution in [1.82, 2.24) is 30.6 Å². The van der Waals surface area contributed by atoms with Crippen LogP contribution in [0.4, 0.5) is 22.7 Å². The van der Waals surface area contributed by atoms with Crippen LogP contribution in [0.25, 0.3) is 66.9 Å². The van der Waals surface area contributed by atoms with E-state index in [-0.39, 0.29) is 36.6 Å². The first-order valence-electron chi connectivity index (χ1n) is 27.2. The molecule has 0 atom stereocenters. The summed E-state index contributed by atoms with van der Waals surface area (Å²) in [5.41, 5.74) is 32.7. The van der Waals surface area contributed by atoms with Gasteiger partial charge in [0.05, 0.1) is 22.5 Å². The van der Waals surface area contributed by atoms with Crippen molar-refractivity contribution < 1.29 is 43.5 Å². The number of nitrogen functional groups attached to an aromatic ring is 2. The fourth-order valence-corrected chi connectivity index (χ4v) is 10.1. The number of fused-ring (bicyclic) bond motifs is 4. The molecule has 0 saturated carbocycles. The van der Waals surface area contributed by atoms with E-state index in [0.717, 1.165) is 165 Å². The van der Waals surface area contributed by atoms with Gasteiger partial charge in [0.1, 0.15) is 22.1 Å². The fourth-order valence-electron chi connectivity index (χ4n) is 10.1. The van der Waals surface area contributed by atoms with Crippen molar-refractivity contribution in [3.63, 3.8) is 0 Å². The fraction of sp³-hybridized carbons (Fsp3) is 0.250. The van der Waals surface area contributed by atoms with Crippen molar-refractivity contribution in [2.45, 2.75) is 79.1 Å². The number of hydrogen-bond acceptors (Lipinski definition) is 10. The molecule has 14 nitrogen and oxygen atoms in total. The van der Waals surface area contributed by atoms with Crippen LogP contribution in [0.1, 0.15) is 94.3 Å². The third kappa shape index (κ3) is 13.2. The maximum Gasteiger partial charge on any atom is 0.252 e. The number of carbonyl (C=O) groups is 2. The highest BCUT2D eigenvalue weighted by Crippen LogP contribution is 2.29. The molecule has 10 rings (SSSR count). The van der Waals surface area contributed by atoms with E-state index >= 15 is 0 Å². The Morgan fingerprint density at radius 1 is 0.425 bits per heavy atom. The second-order valence-corrected chi connectivity index (χ2v) is 20.3. The number of para-hydroxylation sites is 2. The Morgan fingerprint density at radius 3 is 1.14 bits per heavy atom. The summed E-state index contributed by atoms with van der Waals surface area (Å²) >= 11 is 0. The summed E-state index contributed by atoms with van der Waals surface area (Å²) < 4.78 is 4.48. The van der Waals surface area contributed by atoms with Crippen molar-refractivity contribution in [1.29, 1.82) is 0 Å². The van der Waals surface area contributed by atoms with Crippen LogP contribution in [0.3, 0.4) is 0 Å². The van der Waals surface area contributed by atoms with Gasteiger partial charge in [-0.05, 0) is 124 Å². The van der Waals surface area contributed by atoms with Gasteiger partial charge >= 0.3 is 0 Å². The lowest BCUT2D eigenvalue weighted by Gasteiger charge is -2.12. The van der Waals surface area contributed by atoms with Gasteiger partial charge in [-0.3, -0.25) is 19.6 Å². The lowest BCUT2D eigenvalue weighted by molar-refractivity contribution is -0.538. The molecule has 0 bridgehead atoms. The van der Waals surface area contributed by atoms with Crippen molar-refractivity contribution in [2.75, 3.05) is 48.3 Å². The Morgan fingerprint density at radius 2 is 0.775 bits per heavy atom. The van der Waals surface area contributed by atoms with Crippen LogP contribution >= 0.6 is 0 Å². The number of halogens is 2. The number of rotatable bonds is 21. The number of anilines is 4. The summed E-state index contributed by atoms with van der Waals surface area (Å²) in [5.74, 6) is -0.317. The summed E-state index contributed by atoms with van der Waals surface area (Å²) in [7, 11) is 0. The van der Waals surface area contributed by atoms with E-state index in [1.165, 1.54) is 0 Å². The van der Waals surface area contributed by atoms with Gasteiger partial charge in [0.25, 0.3) is 11.8 Å². The number of carbonyl (C=O) groups excluding carboxylic acids is 2. The summed E-state index contributed by atoms with van der Waals surface area (Å²) in [6.45, 7) is 11.1. The van der Waals surface area contributed by atoms with Crippen molar-refractivity contribution in [2.24, 2.45) is 0 Å². The molecule has 6 aromatic carbocycles. The predicted molar refractivity (Wildman–Crippen MR) is 315 cm³/mol. The Balaban J connectivity index is 0.00000420. The molecule has 0 aliphatic carbocycles. The Labute approximate surface area is 479 Å². The Hall–Kier alpha value is -8.46. The first kappa shape index (κ1) is 57.7. The predicted octanol–water partition coefficient (Wildman–Crippen LogP) is 5.31. The maximum absolute atomic E-state index is 13.0. The Kier molecular flexibility index (Phi) is 19.1. The molecular weight excluding hydrogens is 1040 g/mol. The van der Waals surface area contributed by atoms with Crippen LogP contribution in [0.5, 0.6) is 0 Å². The van der Waals surface area contributed by atoms with Crippen LogP contribution in [0.15, 0.2) is 146 Å². The first-order chi connectivity index (χ1) is 38.0. The molecule has 0 spiro atoms. The number of benzene rings is 6. The van der Waals surface area contributed by atoms with E-state index in [1.807, 2.05) is 62.4 Å². The summed E-state index contributed by atoms with van der Waals surface area (Å²) in [4.78, 5) is 45.1. The maximum atomic E-state index is 13.0. The minimum atomic E-state index is -0.158. The van der Waals surface area contributed by atoms with Crippen LogP contribution in [0.2, 0.25) is 0 Å². The molecule has 4 heterocycles. The highest BCUT2D eigenvalue weighted by Gasteiger charge is 2.24. The standard InChI is InChI=1S/C64H66N12O2.2ClH/c1-41-31-55-59(35-49(41)65)75(47-19-11-9-12-20-47)61-37-53(43(3)33-57(61)73-55)67-27-15-5-7-17-29-69-63(77)45-23-25-51(71-39-45)52-26-24-46(40-72-52)64(78)70-30-18-8-6-16-28-68-54-38-62-58(34-44(54)4)74-56-32-42(2)50(66)36-60(56)76(62)48-21-13-10-14-22-48;;/h9-14,19-26,31-40H,5-8,15-18,27-30H2,1-4H3,(H6,65,66,67,68,69,70,77,78);2*1H. The summed E-state index contributed by atoms with van der Waals surface area (Å²) in [6, 6.07) is 44.6. The molecule has 0 saturated heterocycles. The number of aromatic nitrogens is 6. The Bertz CT molecular complexity index is 3560. The van der Waals surface area contributed by atoms with E-state index < -0.39 is 0 Å². The zero-order valence-corrected chi connectivity index (χ0v) is 47.3. The van der Waals surface area contributed by atoms with Gasteiger partial charge in [0, 0.05) is 110 Å². The number of unbranched alkanes of at least 4 members (excludes halogenated alkanes) is 6. The van der Waals surface area contributed by atoms with Crippen molar-refractivity contribution in [3.05, 3.63) is 179 Å². The molecule has 2 amide bonds. The third-order valence-electron chi connectivity index (χ3n) is 14.6. The normalized spacial score (nSPS) is 11.1. The minimum Gasteiger partial charge on any atom is -1.00 e. The van der Waals surface area contributed by atoms with Gasteiger partial charge in [-0.1, -0.05) is 62.1 Å². The number of hydrogen-bond donors (Lipinski definition) is 6. The molecule has 0 fully saturated rings. The number of nitrogens with one attached hydrogen (secondary N) is 4. The molecule has 410 valence electrons. The minimum absolute atomic E-state index is 0. The third-order valence-corrected chi connectivity index (χ3v) is 14.6. The molecule has 10 aromatic rings. The molecule has 4 aromatic heterocycles. The molecule has 0 unspecified atom stereocenters. The van der Waals surface area contributed by atoms with Gasteiger partial charge in [-0.25, -0.2) is 9.97 Å². The van der Waals surface area contributed by atoms with E-state index in [4.69, 9.17) is 21.4 Å². The summed E-state index contributed by atoms with van der Waals surface area (Å²) in [6.07, 6.45) is 11.0. The van der Waals surface area contributed by atoms with Gasteiger partial charge in [0.15, 0.2) is 0 Å². The molecule has 0 aliphatic heterocycles. The highest BCUT2D eigenvalue weighted by molar-refractivity contribution is 5.95. The van der Waals surface area contributed by atoms with Gasteiger partial charge in [-0.2, -0.15) is 0 Å². The second kappa shape index (κ2) is 26.5. The number of aryl methyl sites for hydroxylation is 4. The van der Waals surface area contributed by atoms with Crippen LogP contribution in [0, 0.1) is 27.7 Å². The molecular formula is C64H68Cl2N12O2. The van der Waals surface area contributed by atoms with E-state index in [9.17, 15) is 9.59 Å². The number of nitrogens with two attached hydrogens (primary N) is 2. The van der Waals surface area contributed by atoms with Gasteiger partial charge < -0.3 is 57.5 Å². The number of nitrogens with zero attached hydrogens (tertiary/aromatic N) is 6. The molecule has 0 aliphatic rings. The SMILES string of the molecule is Cc1cc2nc3cc(C)c(NCCCCCCNC(=O)c4ccc(-c5ccc(C(=O)NCCCCCCNc6cc7c(cc6C)nc6cc(C)c(N)cc6[n+]7-c6ccccc6)cn5)nc4)cc3[n+](-c3ccccc3)c2cc1N.[Cl-].[Cl-]. The average molecular weight is 1110 g/mol. The number of amides is 2. The first-order valence-corrected chi connectivity index (χ1v) is 27.2. The van der Waals surface area contributed by atoms with Gasteiger partial charge in [0.2, 0.25) is 33.4 Å². The lowest BCUT2D eigenvalue weighted by Crippen LogP contribution is -3.00. The monoisotopic (exact) mass is 1110 g/mol. The van der Waals surface area contributed by atoms with E-state index in [1.54, 1.807) is 36.7 Å². The van der Waals surface area contributed by atoms with Gasteiger partial charge in [-0.15, -0.1) is 9.13 Å².